The minimum Gasteiger partial charge on any atom is -0.383 e. The lowest BCUT2D eigenvalue weighted by atomic mass is 10.1. The second-order valence-electron chi connectivity index (χ2n) is 2.40. The summed E-state index contributed by atoms with van der Waals surface area (Å²) < 4.78 is 0. The quantitative estimate of drug-likeness (QED) is 0.507. The summed E-state index contributed by atoms with van der Waals surface area (Å²) in [6.45, 7) is 0. The van der Waals surface area contributed by atoms with Gasteiger partial charge in [-0.1, -0.05) is 0 Å². The van der Waals surface area contributed by atoms with E-state index in [0.29, 0.717) is 5.56 Å². The highest BCUT2D eigenvalue weighted by Gasteiger charge is 2.28. The lowest BCUT2D eigenvalue weighted by Crippen LogP contribution is -2.20. The maximum atomic E-state index is 11.0. The van der Waals surface area contributed by atoms with Crippen molar-refractivity contribution in [3.05, 3.63) is 23.4 Å². The third-order valence-electron chi connectivity index (χ3n) is 1.68. The van der Waals surface area contributed by atoms with Crippen molar-refractivity contribution in [3.8, 4) is 0 Å². The van der Waals surface area contributed by atoms with Gasteiger partial charge in [0.15, 0.2) is 0 Å². The Kier molecular flexibility index (Phi) is 1.15. The molecule has 1 aromatic rings. The van der Waals surface area contributed by atoms with E-state index in [4.69, 9.17) is 5.73 Å². The first kappa shape index (κ1) is 6.78. The predicted octanol–water partition coefficient (Wildman–Crippen LogP) is -0.453. The molecule has 5 nitrogen and oxygen atoms in total. The maximum absolute atomic E-state index is 11.0. The minimum absolute atomic E-state index is 0.0934. The van der Waals surface area contributed by atoms with E-state index in [1.165, 1.54) is 12.3 Å². The van der Waals surface area contributed by atoms with Gasteiger partial charge in [0, 0.05) is 6.20 Å². The highest BCUT2D eigenvalue weighted by molar-refractivity contribution is 6.23. The van der Waals surface area contributed by atoms with E-state index in [1.807, 2.05) is 0 Å². The monoisotopic (exact) mass is 163 g/mol. The van der Waals surface area contributed by atoms with Crippen molar-refractivity contribution in [2.24, 2.45) is 0 Å². The Morgan fingerprint density at radius 1 is 1.33 bits per heavy atom. The van der Waals surface area contributed by atoms with Crippen LogP contribution in [0, 0.1) is 0 Å². The summed E-state index contributed by atoms with van der Waals surface area (Å²) in [5.41, 5.74) is 5.88. The van der Waals surface area contributed by atoms with Gasteiger partial charge in [0.25, 0.3) is 11.8 Å². The van der Waals surface area contributed by atoms with Crippen molar-refractivity contribution in [3.63, 3.8) is 0 Å². The van der Waals surface area contributed by atoms with Crippen molar-refractivity contribution >= 4 is 17.6 Å². The molecule has 60 valence electrons. The number of nitrogen functional groups attached to an aromatic ring is 1. The summed E-state index contributed by atoms with van der Waals surface area (Å²) in [7, 11) is 0. The van der Waals surface area contributed by atoms with Gasteiger partial charge in [-0.25, -0.2) is 4.98 Å². The van der Waals surface area contributed by atoms with Crippen LogP contribution in [0.25, 0.3) is 0 Å². The zero-order valence-corrected chi connectivity index (χ0v) is 6.00. The maximum Gasteiger partial charge on any atom is 0.262 e. The lowest BCUT2D eigenvalue weighted by Gasteiger charge is -1.95. The molecule has 2 rings (SSSR count). The molecule has 0 fully saturated rings. The first-order valence-corrected chi connectivity index (χ1v) is 3.30. The van der Waals surface area contributed by atoms with E-state index in [1.54, 1.807) is 0 Å². The minimum atomic E-state index is -0.472. The van der Waals surface area contributed by atoms with Crippen LogP contribution in [0.15, 0.2) is 12.3 Å². The number of hydrogen-bond donors (Lipinski definition) is 2. The Labute approximate surface area is 67.6 Å². The van der Waals surface area contributed by atoms with E-state index in [-0.39, 0.29) is 11.4 Å². The molecular weight excluding hydrogens is 158 g/mol. The number of carbonyl (C=O) groups excluding carboxylic acids is 2. The Balaban J connectivity index is 2.75. The summed E-state index contributed by atoms with van der Waals surface area (Å²) in [5, 5.41) is 2.13. The number of nitrogens with zero attached hydrogens (tertiary/aromatic N) is 1. The summed E-state index contributed by atoms with van der Waals surface area (Å²) in [6.07, 6.45) is 1.40. The van der Waals surface area contributed by atoms with E-state index in [9.17, 15) is 9.59 Å². The number of pyridine rings is 1. The van der Waals surface area contributed by atoms with Crippen molar-refractivity contribution in [2.45, 2.75) is 0 Å². The van der Waals surface area contributed by atoms with E-state index < -0.39 is 11.8 Å². The van der Waals surface area contributed by atoms with Gasteiger partial charge in [0.2, 0.25) is 0 Å². The first-order chi connectivity index (χ1) is 5.70. The fourth-order valence-electron chi connectivity index (χ4n) is 1.14. The molecular formula is C7H5N3O2. The van der Waals surface area contributed by atoms with E-state index >= 15 is 0 Å². The van der Waals surface area contributed by atoms with Gasteiger partial charge in [-0.2, -0.15) is 0 Å². The number of rotatable bonds is 0. The topological polar surface area (TPSA) is 85.1 Å². The molecule has 2 amide bonds. The summed E-state index contributed by atoms with van der Waals surface area (Å²) in [5.74, 6) is -0.791. The average Bonchev–Trinajstić information content (AvgIpc) is 2.29. The molecule has 12 heavy (non-hydrogen) atoms. The number of aromatic nitrogens is 1. The predicted molar refractivity (Wildman–Crippen MR) is 40.4 cm³/mol. The molecule has 0 bridgehead atoms. The summed E-state index contributed by atoms with van der Waals surface area (Å²) >= 11 is 0. The van der Waals surface area contributed by atoms with Gasteiger partial charge in [-0.15, -0.1) is 0 Å². The molecule has 3 N–H and O–H groups in total. The fourth-order valence-corrected chi connectivity index (χ4v) is 1.14. The van der Waals surface area contributed by atoms with Crippen LogP contribution in [0.3, 0.4) is 0 Å². The summed E-state index contributed by atoms with van der Waals surface area (Å²) in [4.78, 5) is 25.8. The molecule has 2 heterocycles. The molecule has 0 atom stereocenters. The standard InChI is InChI=1S/C7H5N3O2/c8-5-4-3(1-2-9-5)6(11)10-7(4)12/h1-2H,(H2,8,9)(H,10,11,12). The van der Waals surface area contributed by atoms with Gasteiger partial charge in [0.05, 0.1) is 11.1 Å². The van der Waals surface area contributed by atoms with Crippen LogP contribution in [-0.4, -0.2) is 16.8 Å². The highest BCUT2D eigenvalue weighted by atomic mass is 16.2. The number of anilines is 1. The van der Waals surface area contributed by atoms with Crippen LogP contribution in [0.1, 0.15) is 20.7 Å². The van der Waals surface area contributed by atoms with Crippen molar-refractivity contribution in [2.75, 3.05) is 5.73 Å². The van der Waals surface area contributed by atoms with Crippen LogP contribution in [0.5, 0.6) is 0 Å². The zero-order chi connectivity index (χ0) is 8.72. The van der Waals surface area contributed by atoms with Gasteiger partial charge in [0.1, 0.15) is 5.82 Å². The highest BCUT2D eigenvalue weighted by Crippen LogP contribution is 2.18. The second-order valence-corrected chi connectivity index (χ2v) is 2.40. The van der Waals surface area contributed by atoms with Crippen molar-refractivity contribution in [1.82, 2.24) is 10.3 Å². The smallest absolute Gasteiger partial charge is 0.262 e. The molecule has 0 spiro atoms. The molecule has 1 aliphatic rings. The van der Waals surface area contributed by atoms with Crippen LogP contribution < -0.4 is 11.1 Å². The molecule has 0 aromatic carbocycles. The number of fused-ring (bicyclic) bond motifs is 1. The zero-order valence-electron chi connectivity index (χ0n) is 6.00. The van der Waals surface area contributed by atoms with Gasteiger partial charge in [-0.3, -0.25) is 14.9 Å². The third-order valence-corrected chi connectivity index (χ3v) is 1.68. The number of carbonyl (C=O) groups is 2. The SMILES string of the molecule is Nc1nccc2c1C(=O)NC2=O. The molecule has 5 heteroatoms. The third kappa shape index (κ3) is 0.701. The number of imide groups is 1. The molecule has 1 aliphatic heterocycles. The Morgan fingerprint density at radius 3 is 2.75 bits per heavy atom. The number of nitrogens with two attached hydrogens (primary N) is 1. The van der Waals surface area contributed by atoms with Crippen LogP contribution in [0.4, 0.5) is 5.82 Å². The van der Waals surface area contributed by atoms with Crippen LogP contribution in [0.2, 0.25) is 0 Å². The first-order valence-electron chi connectivity index (χ1n) is 3.30. The van der Waals surface area contributed by atoms with Crippen molar-refractivity contribution in [1.29, 1.82) is 0 Å². The van der Waals surface area contributed by atoms with Crippen LogP contribution in [-0.2, 0) is 0 Å². The number of amides is 2. The number of hydrogen-bond acceptors (Lipinski definition) is 4. The number of nitrogens with one attached hydrogen (secondary N) is 1. The normalized spacial score (nSPS) is 14.3. The van der Waals surface area contributed by atoms with E-state index in [2.05, 4.69) is 10.3 Å². The molecule has 0 radical (unpaired) electrons. The molecule has 0 unspecified atom stereocenters. The fraction of sp³-hybridized carbons (Fsp3) is 0. The molecule has 0 saturated carbocycles. The van der Waals surface area contributed by atoms with E-state index in [0.717, 1.165) is 0 Å². The molecule has 0 aliphatic carbocycles. The van der Waals surface area contributed by atoms with Gasteiger partial charge < -0.3 is 5.73 Å². The average molecular weight is 163 g/mol. The largest absolute Gasteiger partial charge is 0.383 e. The van der Waals surface area contributed by atoms with Crippen LogP contribution >= 0.6 is 0 Å². The Hall–Kier alpha value is -1.91. The Bertz CT molecular complexity index is 386. The van der Waals surface area contributed by atoms with Gasteiger partial charge >= 0.3 is 0 Å². The lowest BCUT2D eigenvalue weighted by molar-refractivity contribution is 0.0880. The second kappa shape index (κ2) is 2.04. The van der Waals surface area contributed by atoms with Gasteiger partial charge in [-0.05, 0) is 6.07 Å². The molecule has 1 aromatic heterocycles. The van der Waals surface area contributed by atoms with Crippen molar-refractivity contribution < 1.29 is 9.59 Å². The summed E-state index contributed by atoms with van der Waals surface area (Å²) in [6, 6.07) is 1.46. The Morgan fingerprint density at radius 2 is 2.08 bits per heavy atom. The molecule has 0 saturated heterocycles.